The predicted octanol–water partition coefficient (Wildman–Crippen LogP) is 4.92. The van der Waals surface area contributed by atoms with Crippen molar-refractivity contribution in [2.24, 2.45) is 18.9 Å². The minimum Gasteiger partial charge on any atom is -0.465 e. The summed E-state index contributed by atoms with van der Waals surface area (Å²) in [5.74, 6) is -7.14. The van der Waals surface area contributed by atoms with Crippen LogP contribution in [0.3, 0.4) is 0 Å². The van der Waals surface area contributed by atoms with Gasteiger partial charge in [0, 0.05) is 25.0 Å². The Kier molecular flexibility index (Phi) is 5.78. The third kappa shape index (κ3) is 3.98. The lowest BCUT2D eigenvalue weighted by molar-refractivity contribution is -0.125. The van der Waals surface area contributed by atoms with Gasteiger partial charge in [-0.05, 0) is 44.0 Å². The lowest BCUT2D eigenvalue weighted by Crippen LogP contribution is -2.30. The number of esters is 1. The maximum atomic E-state index is 14.7. The monoisotopic (exact) mass is 537 g/mol. The minimum absolute atomic E-state index is 0.200. The SMILES string of the molecule is COC(=O)c1cc2nc(-c3cc4ccc5nc4n3CCC/C=C/C3C(C(=O)N[C@@H]5C)C3(F)F)n(C)c2cc1F. The normalized spacial score (nSPS) is 23.3. The van der Waals surface area contributed by atoms with Crippen LogP contribution in [0.4, 0.5) is 13.2 Å². The molecule has 1 fully saturated rings. The highest BCUT2D eigenvalue weighted by atomic mass is 19.3. The van der Waals surface area contributed by atoms with Gasteiger partial charge < -0.3 is 19.2 Å². The largest absolute Gasteiger partial charge is 0.465 e. The number of carbonyl (C=O) groups excluding carboxylic acids is 2. The molecule has 1 aliphatic heterocycles. The molecule has 1 aromatic carbocycles. The summed E-state index contributed by atoms with van der Waals surface area (Å²) >= 11 is 0. The van der Waals surface area contributed by atoms with Crippen molar-refractivity contribution in [2.45, 2.75) is 38.3 Å². The molecular formula is C28H26F3N5O3. The van der Waals surface area contributed by atoms with Gasteiger partial charge in [0.05, 0.1) is 47.1 Å². The Hall–Kier alpha value is -4.15. The van der Waals surface area contributed by atoms with Gasteiger partial charge >= 0.3 is 5.97 Å². The molecule has 1 aliphatic carbocycles. The molecule has 2 aliphatic rings. The second-order valence-electron chi connectivity index (χ2n) is 10.1. The first kappa shape index (κ1) is 25.1. The Morgan fingerprint density at radius 3 is 2.77 bits per heavy atom. The van der Waals surface area contributed by atoms with Gasteiger partial charge in [-0.15, -0.1) is 0 Å². The number of hydrogen-bond donors (Lipinski definition) is 1. The number of benzene rings is 1. The third-order valence-corrected chi connectivity index (χ3v) is 7.66. The molecule has 39 heavy (non-hydrogen) atoms. The first-order valence-corrected chi connectivity index (χ1v) is 12.7. The van der Waals surface area contributed by atoms with E-state index in [-0.39, 0.29) is 5.56 Å². The number of methoxy groups -OCH3 is 1. The summed E-state index contributed by atoms with van der Waals surface area (Å²) in [7, 11) is 2.95. The van der Waals surface area contributed by atoms with Crippen molar-refractivity contribution < 1.29 is 27.5 Å². The number of allylic oxidation sites excluding steroid dienone is 2. The summed E-state index contributed by atoms with van der Waals surface area (Å²) in [4.78, 5) is 34.2. The van der Waals surface area contributed by atoms with Crippen LogP contribution >= 0.6 is 0 Å². The quantitative estimate of drug-likeness (QED) is 0.290. The Morgan fingerprint density at radius 1 is 1.21 bits per heavy atom. The van der Waals surface area contributed by atoms with Gasteiger partial charge in [-0.2, -0.15) is 0 Å². The van der Waals surface area contributed by atoms with Gasteiger partial charge in [-0.3, -0.25) is 4.79 Å². The molecule has 4 aromatic rings. The summed E-state index contributed by atoms with van der Waals surface area (Å²) in [6, 6.07) is 7.64. The molecule has 0 radical (unpaired) electrons. The first-order valence-electron chi connectivity index (χ1n) is 12.7. The summed E-state index contributed by atoms with van der Waals surface area (Å²) < 4.78 is 51.7. The maximum absolute atomic E-state index is 14.7. The number of alkyl halides is 2. The Labute approximate surface area is 221 Å². The van der Waals surface area contributed by atoms with Crippen LogP contribution in [0.25, 0.3) is 33.6 Å². The number of fused-ring (bicyclic) bond motifs is 3. The number of amides is 1. The molecule has 202 valence electrons. The van der Waals surface area contributed by atoms with Gasteiger partial charge in [-0.25, -0.2) is 27.9 Å². The molecule has 6 rings (SSSR count). The van der Waals surface area contributed by atoms with E-state index in [1.54, 1.807) is 30.7 Å². The van der Waals surface area contributed by atoms with Crippen molar-refractivity contribution in [3.05, 3.63) is 59.6 Å². The van der Waals surface area contributed by atoms with Gasteiger partial charge in [0.15, 0.2) is 5.82 Å². The molecule has 2 unspecified atom stereocenters. The summed E-state index contributed by atoms with van der Waals surface area (Å²) in [5.41, 5.74) is 2.67. The molecule has 8 nitrogen and oxygen atoms in total. The van der Waals surface area contributed by atoms with E-state index >= 15 is 0 Å². The van der Waals surface area contributed by atoms with Crippen LogP contribution in [-0.4, -0.2) is 44.0 Å². The highest BCUT2D eigenvalue weighted by Gasteiger charge is 2.70. The number of rotatable bonds is 2. The highest BCUT2D eigenvalue weighted by Crippen LogP contribution is 2.56. The standard InChI is InChI=1S/C28H26F3N5O3/c1-14-19-9-8-15-11-22(25-34-20-12-16(27(38)39-3)18(29)13-21(20)35(25)2)36(24(15)33-19)10-6-4-5-7-17-23(26(37)32-14)28(17,30)31/h5,7-9,11-14,17,23H,4,6,10H2,1-3H3,(H,32,37)/b7-5+/t14-,17?,23?/m1/s1. The smallest absolute Gasteiger partial charge is 0.340 e. The topological polar surface area (TPSA) is 91.0 Å². The van der Waals surface area contributed by atoms with Crippen molar-refractivity contribution in [3.63, 3.8) is 0 Å². The van der Waals surface area contributed by atoms with E-state index in [1.807, 2.05) is 16.7 Å². The fraction of sp³-hybridized carbons (Fsp3) is 0.357. The van der Waals surface area contributed by atoms with Crippen LogP contribution in [0, 0.1) is 17.7 Å². The number of nitrogens with zero attached hydrogens (tertiary/aromatic N) is 4. The lowest BCUT2D eigenvalue weighted by atomic mass is 10.1. The number of halogens is 3. The van der Waals surface area contributed by atoms with E-state index in [4.69, 9.17) is 14.7 Å². The third-order valence-electron chi connectivity index (χ3n) is 7.66. The molecule has 0 spiro atoms. The van der Waals surface area contributed by atoms with Crippen LogP contribution < -0.4 is 5.32 Å². The molecule has 3 aromatic heterocycles. The number of imidazole rings is 1. The number of aromatic nitrogens is 4. The highest BCUT2D eigenvalue weighted by molar-refractivity contribution is 5.95. The lowest BCUT2D eigenvalue weighted by Gasteiger charge is -2.15. The number of ether oxygens (including phenoxy) is 1. The molecule has 1 saturated carbocycles. The van der Waals surface area contributed by atoms with Gasteiger partial charge in [0.2, 0.25) is 5.91 Å². The first-order chi connectivity index (χ1) is 18.6. The van der Waals surface area contributed by atoms with Crippen LogP contribution in [0.15, 0.2) is 42.5 Å². The zero-order chi connectivity index (χ0) is 27.6. The van der Waals surface area contributed by atoms with E-state index in [0.717, 1.165) is 11.1 Å². The number of carbonyl (C=O) groups is 2. The predicted molar refractivity (Wildman–Crippen MR) is 138 cm³/mol. The van der Waals surface area contributed by atoms with Crippen molar-refractivity contribution in [1.82, 2.24) is 24.4 Å². The maximum Gasteiger partial charge on any atom is 0.340 e. The zero-order valence-electron chi connectivity index (χ0n) is 21.5. The van der Waals surface area contributed by atoms with E-state index < -0.39 is 41.5 Å². The fourth-order valence-corrected chi connectivity index (χ4v) is 5.42. The number of hydrogen-bond acceptors (Lipinski definition) is 5. The Bertz CT molecular complexity index is 1690. The molecular weight excluding hydrogens is 511 g/mol. The van der Waals surface area contributed by atoms with Crippen molar-refractivity contribution in [3.8, 4) is 11.5 Å². The van der Waals surface area contributed by atoms with Gasteiger partial charge in [0.25, 0.3) is 5.92 Å². The molecule has 0 saturated heterocycles. The molecule has 3 atom stereocenters. The second kappa shape index (κ2) is 8.96. The van der Waals surface area contributed by atoms with E-state index in [1.165, 1.54) is 25.3 Å². The van der Waals surface area contributed by atoms with Crippen LogP contribution in [0.5, 0.6) is 0 Å². The number of aryl methyl sites for hydroxylation is 2. The average Bonchev–Trinajstić information content (AvgIpc) is 3.14. The molecule has 11 heteroatoms. The minimum atomic E-state index is -3.05. The zero-order valence-corrected chi connectivity index (χ0v) is 21.5. The van der Waals surface area contributed by atoms with Crippen molar-refractivity contribution >= 4 is 33.9 Å². The molecule has 1 amide bonds. The van der Waals surface area contributed by atoms with E-state index in [0.29, 0.717) is 47.6 Å². The number of nitrogens with one attached hydrogen (secondary N) is 1. The van der Waals surface area contributed by atoms with Gasteiger partial charge in [-0.1, -0.05) is 12.2 Å². The number of pyridine rings is 1. The molecule has 1 N–H and O–H groups in total. The Morgan fingerprint density at radius 2 is 2.00 bits per heavy atom. The van der Waals surface area contributed by atoms with E-state index in [2.05, 4.69) is 5.32 Å². The second-order valence-corrected chi connectivity index (χ2v) is 10.1. The van der Waals surface area contributed by atoms with Crippen molar-refractivity contribution in [1.29, 1.82) is 0 Å². The van der Waals surface area contributed by atoms with Crippen LogP contribution in [-0.2, 0) is 23.1 Å². The van der Waals surface area contributed by atoms with Crippen LogP contribution in [0.1, 0.15) is 41.9 Å². The fourth-order valence-electron chi connectivity index (χ4n) is 5.42. The summed E-state index contributed by atoms with van der Waals surface area (Å²) in [6.07, 6.45) is 4.32. The molecule has 2 bridgehead atoms. The average molecular weight is 538 g/mol. The summed E-state index contributed by atoms with van der Waals surface area (Å²) in [5, 5.41) is 3.53. The van der Waals surface area contributed by atoms with Gasteiger partial charge in [0.1, 0.15) is 17.4 Å². The van der Waals surface area contributed by atoms with E-state index in [9.17, 15) is 22.8 Å². The Balaban J connectivity index is 1.46. The summed E-state index contributed by atoms with van der Waals surface area (Å²) in [6.45, 7) is 2.24. The van der Waals surface area contributed by atoms with Crippen LogP contribution in [0.2, 0.25) is 0 Å². The van der Waals surface area contributed by atoms with Crippen molar-refractivity contribution in [2.75, 3.05) is 7.11 Å². The molecule has 4 heterocycles.